The van der Waals surface area contributed by atoms with Crippen LogP contribution in [0.5, 0.6) is 0 Å². The molecule has 1 aliphatic rings. The van der Waals surface area contributed by atoms with E-state index in [-0.39, 0.29) is 5.56 Å². The summed E-state index contributed by atoms with van der Waals surface area (Å²) in [5.41, 5.74) is -1.16. The van der Waals surface area contributed by atoms with Crippen LogP contribution in [0.1, 0.15) is 13.9 Å². The maximum atomic E-state index is 12.8. The molecule has 0 saturated carbocycles. The number of carbonyl (C=O) groups excluding carboxylic acids is 2. The van der Waals surface area contributed by atoms with Gasteiger partial charge in [0.05, 0.1) is 14.8 Å². The molecular weight excluding hydrogens is 275 g/mol. The van der Waals surface area contributed by atoms with E-state index in [0.717, 1.165) is 18.2 Å². The highest BCUT2D eigenvalue weighted by Gasteiger charge is 2.32. The number of carbonyl (C=O) groups is 2. The van der Waals surface area contributed by atoms with Gasteiger partial charge in [-0.05, 0) is 17.7 Å². The zero-order chi connectivity index (χ0) is 16.5. The number of ether oxygens (including phenoxy) is 1. The molecule has 0 unspecified atom stereocenters. The Bertz CT molecular complexity index is 644. The molecule has 0 aromatic heterocycles. The molecule has 2 rings (SSSR count). The van der Waals surface area contributed by atoms with E-state index >= 15 is 0 Å². The van der Waals surface area contributed by atoms with Crippen molar-refractivity contribution >= 4 is 18.1 Å². The molecule has 1 fully saturated rings. The fourth-order valence-electron chi connectivity index (χ4n) is 1.60. The molecule has 106 valence electrons. The lowest BCUT2D eigenvalue weighted by Crippen LogP contribution is -2.29. The molecule has 0 atom stereocenters. The highest BCUT2D eigenvalue weighted by atomic mass is 19.4. The van der Waals surface area contributed by atoms with E-state index < -0.39 is 36.8 Å². The number of hydrogen-bond donors (Lipinski definition) is 0. The van der Waals surface area contributed by atoms with E-state index in [1.807, 2.05) is 0 Å². The maximum absolute atomic E-state index is 12.8. The Hall–Kier alpha value is -2.31. The summed E-state index contributed by atoms with van der Waals surface area (Å²) in [6.45, 7) is -2.92. The highest BCUT2D eigenvalue weighted by molar-refractivity contribution is 6.01. The predicted octanol–water partition coefficient (Wildman–Crippen LogP) is 2.70. The first-order chi connectivity index (χ1) is 10.1. The summed E-state index contributed by atoms with van der Waals surface area (Å²) in [5.74, 6) is -0.955. The van der Waals surface area contributed by atoms with Crippen molar-refractivity contribution in [3.8, 4) is 0 Å². The van der Waals surface area contributed by atoms with Crippen LogP contribution in [-0.4, -0.2) is 30.0 Å². The fourth-order valence-corrected chi connectivity index (χ4v) is 1.60. The van der Waals surface area contributed by atoms with Crippen LogP contribution in [-0.2, 0) is 15.7 Å². The van der Waals surface area contributed by atoms with Crippen molar-refractivity contribution in [3.05, 3.63) is 41.5 Å². The first kappa shape index (κ1) is 11.5. The Balaban J connectivity index is 2.20. The number of amides is 2. The summed E-state index contributed by atoms with van der Waals surface area (Å²) in [7, 11) is 0. The molecule has 2 amide bonds. The number of nitrogens with zero attached hydrogens (tertiary/aromatic N) is 1. The minimum Gasteiger partial charge on any atom is -0.447 e. The number of cyclic esters (lactones) is 1. The van der Waals surface area contributed by atoms with Gasteiger partial charge in [-0.3, -0.25) is 4.79 Å². The Morgan fingerprint density at radius 1 is 1.40 bits per heavy atom. The molecule has 7 heteroatoms. The Morgan fingerprint density at radius 3 is 2.70 bits per heavy atom. The van der Waals surface area contributed by atoms with Crippen LogP contribution >= 0.6 is 0 Å². The summed E-state index contributed by atoms with van der Waals surface area (Å²) in [6.07, 6.45) is -4.06. The number of benzene rings is 1. The van der Waals surface area contributed by atoms with Crippen molar-refractivity contribution < 1.29 is 30.2 Å². The molecule has 1 aromatic rings. The van der Waals surface area contributed by atoms with Gasteiger partial charge in [-0.25, -0.2) is 9.69 Å². The first-order valence-corrected chi connectivity index (χ1v) is 5.49. The second kappa shape index (κ2) is 5.36. The third-order valence-corrected chi connectivity index (χ3v) is 2.54. The second-order valence-corrected chi connectivity index (χ2v) is 3.86. The molecule has 4 nitrogen and oxygen atoms in total. The van der Waals surface area contributed by atoms with Gasteiger partial charge in [-0.2, -0.15) is 13.2 Å². The number of rotatable bonds is 2. The summed E-state index contributed by atoms with van der Waals surface area (Å²) in [5, 5.41) is 0. The molecule has 0 bridgehead atoms. The van der Waals surface area contributed by atoms with Crippen molar-refractivity contribution in [2.75, 3.05) is 13.1 Å². The van der Waals surface area contributed by atoms with Gasteiger partial charge in [-0.1, -0.05) is 18.2 Å². The summed E-state index contributed by atoms with van der Waals surface area (Å²) < 4.78 is 57.1. The van der Waals surface area contributed by atoms with Crippen LogP contribution in [0, 0.1) is 0 Å². The van der Waals surface area contributed by atoms with Crippen molar-refractivity contribution in [2.45, 2.75) is 6.18 Å². The summed E-state index contributed by atoms with van der Waals surface area (Å²) in [4.78, 5) is 23.5. The zero-order valence-corrected chi connectivity index (χ0v) is 9.98. The maximum Gasteiger partial charge on any atom is 0.416 e. The average molecular weight is 287 g/mol. The van der Waals surface area contributed by atoms with E-state index in [0.29, 0.717) is 4.90 Å². The molecule has 20 heavy (non-hydrogen) atoms. The van der Waals surface area contributed by atoms with Gasteiger partial charge in [0, 0.05) is 6.08 Å². The van der Waals surface area contributed by atoms with Crippen molar-refractivity contribution in [2.24, 2.45) is 0 Å². The Kier molecular flexibility index (Phi) is 3.08. The molecule has 0 N–H and O–H groups in total. The lowest BCUT2D eigenvalue weighted by atomic mass is 10.1. The number of hydrogen-bond acceptors (Lipinski definition) is 3. The number of imide groups is 1. The van der Waals surface area contributed by atoms with E-state index in [1.54, 1.807) is 0 Å². The van der Waals surface area contributed by atoms with Gasteiger partial charge in [0.2, 0.25) is 0 Å². The lowest BCUT2D eigenvalue weighted by molar-refractivity contribution is -0.137. The minimum atomic E-state index is -4.58. The van der Waals surface area contributed by atoms with Gasteiger partial charge >= 0.3 is 12.3 Å². The van der Waals surface area contributed by atoms with E-state index in [4.69, 9.17) is 2.74 Å². The fraction of sp³-hybridized carbons (Fsp3) is 0.231. The molecule has 1 aliphatic heterocycles. The molecule has 1 heterocycles. The van der Waals surface area contributed by atoms with E-state index in [2.05, 4.69) is 4.74 Å². The largest absolute Gasteiger partial charge is 0.447 e. The van der Waals surface area contributed by atoms with Gasteiger partial charge in [0.1, 0.15) is 6.56 Å². The monoisotopic (exact) mass is 287 g/mol. The second-order valence-electron chi connectivity index (χ2n) is 3.86. The Labute approximate surface area is 115 Å². The zero-order valence-electron chi connectivity index (χ0n) is 12.0. The third-order valence-electron chi connectivity index (χ3n) is 2.54. The topological polar surface area (TPSA) is 46.6 Å². The highest BCUT2D eigenvalue weighted by Crippen LogP contribution is 2.32. The minimum absolute atomic E-state index is 0.237. The van der Waals surface area contributed by atoms with Crippen molar-refractivity contribution in [1.82, 2.24) is 4.90 Å². The van der Waals surface area contributed by atoms with Gasteiger partial charge < -0.3 is 4.74 Å². The Morgan fingerprint density at radius 2 is 2.10 bits per heavy atom. The quantitative estimate of drug-likeness (QED) is 0.786. The number of halogens is 3. The molecule has 0 spiro atoms. The van der Waals surface area contributed by atoms with Gasteiger partial charge in [0.15, 0.2) is 0 Å². The van der Waals surface area contributed by atoms with E-state index in [9.17, 15) is 22.8 Å². The first-order valence-electron chi connectivity index (χ1n) is 6.49. The van der Waals surface area contributed by atoms with Crippen LogP contribution in [0.2, 0.25) is 0 Å². The van der Waals surface area contributed by atoms with Crippen LogP contribution in [0.3, 0.4) is 0 Å². The van der Waals surface area contributed by atoms with Gasteiger partial charge in [0.25, 0.3) is 5.91 Å². The van der Waals surface area contributed by atoms with Crippen LogP contribution in [0.25, 0.3) is 6.08 Å². The molecule has 0 radical (unpaired) electrons. The van der Waals surface area contributed by atoms with Crippen LogP contribution in [0.15, 0.2) is 30.3 Å². The average Bonchev–Trinajstić information content (AvgIpc) is 2.68. The summed E-state index contributed by atoms with van der Waals surface area (Å²) >= 11 is 0. The number of alkyl halides is 3. The van der Waals surface area contributed by atoms with Crippen molar-refractivity contribution in [3.63, 3.8) is 0 Å². The van der Waals surface area contributed by atoms with Crippen molar-refractivity contribution in [1.29, 1.82) is 0 Å². The third kappa shape index (κ3) is 2.98. The van der Waals surface area contributed by atoms with Crippen LogP contribution in [0.4, 0.5) is 18.0 Å². The lowest BCUT2D eigenvalue weighted by Gasteiger charge is -2.10. The molecule has 1 aromatic carbocycles. The summed E-state index contributed by atoms with van der Waals surface area (Å²) in [6, 6.07) is 4.64. The molecule has 1 saturated heterocycles. The predicted molar refractivity (Wildman–Crippen MR) is 63.5 cm³/mol. The smallest absolute Gasteiger partial charge is 0.416 e. The normalized spacial score (nSPS) is 19.8. The van der Waals surface area contributed by atoms with E-state index in [1.165, 1.54) is 18.2 Å². The van der Waals surface area contributed by atoms with Crippen LogP contribution < -0.4 is 0 Å². The standard InChI is InChI=1S/C13H10F3NO3/c14-13(15,16)10-4-2-1-3-9(10)5-6-11(18)17-7-8-20-12(17)19/h1-6H,7-8H2/i8D2. The molecule has 0 aliphatic carbocycles. The SMILES string of the molecule is [2H]C1([2H])CN(C(=O)C=Cc2ccccc2C(F)(F)F)C(=O)O1. The molecular formula is C13H10F3NO3. The van der Waals surface area contributed by atoms with Gasteiger partial charge in [-0.15, -0.1) is 0 Å².